The van der Waals surface area contributed by atoms with Crippen LogP contribution in [0.1, 0.15) is 28.7 Å². The highest BCUT2D eigenvalue weighted by Gasteiger charge is 2.10. The number of nitrogens with one attached hydrogen (secondary N) is 1. The fraction of sp³-hybridized carbons (Fsp3) is 0.200. The van der Waals surface area contributed by atoms with Crippen LogP contribution in [0.15, 0.2) is 67.0 Å². The van der Waals surface area contributed by atoms with Gasteiger partial charge in [0.25, 0.3) is 0 Å². The molecule has 2 aromatic heterocycles. The molecule has 0 bridgehead atoms. The molecule has 4 rings (SSSR count). The summed E-state index contributed by atoms with van der Waals surface area (Å²) in [6.45, 7) is 6.13. The van der Waals surface area contributed by atoms with Gasteiger partial charge in [-0.25, -0.2) is 4.98 Å². The zero-order valence-electron chi connectivity index (χ0n) is 17.1. The summed E-state index contributed by atoms with van der Waals surface area (Å²) in [7, 11) is 0. The fourth-order valence-corrected chi connectivity index (χ4v) is 3.55. The van der Waals surface area contributed by atoms with Crippen molar-refractivity contribution in [2.75, 3.05) is 5.32 Å². The predicted molar refractivity (Wildman–Crippen MR) is 118 cm³/mol. The molecule has 4 aromatic rings. The molecule has 0 aliphatic carbocycles. The van der Waals surface area contributed by atoms with Crippen LogP contribution in [0.2, 0.25) is 0 Å². The highest BCUT2D eigenvalue weighted by atomic mass is 16.1. The molecule has 29 heavy (non-hydrogen) atoms. The molecular weight excluding hydrogens is 358 g/mol. The van der Waals surface area contributed by atoms with E-state index in [1.54, 1.807) is 0 Å². The largest absolute Gasteiger partial charge is 0.326 e. The Morgan fingerprint density at radius 3 is 2.66 bits per heavy atom. The smallest absolute Gasteiger partial charge is 0.224 e. The van der Waals surface area contributed by atoms with Crippen molar-refractivity contribution in [1.82, 2.24) is 9.38 Å². The van der Waals surface area contributed by atoms with Crippen molar-refractivity contribution in [2.45, 2.75) is 33.6 Å². The minimum atomic E-state index is 0.0256. The Kier molecular flexibility index (Phi) is 5.17. The lowest BCUT2D eigenvalue weighted by molar-refractivity contribution is -0.116. The Morgan fingerprint density at radius 1 is 1.00 bits per heavy atom. The van der Waals surface area contributed by atoms with Crippen molar-refractivity contribution in [3.05, 3.63) is 89.2 Å². The summed E-state index contributed by atoms with van der Waals surface area (Å²) in [4.78, 5) is 17.3. The average molecular weight is 383 g/mol. The number of hydrogen-bond donors (Lipinski definition) is 1. The summed E-state index contributed by atoms with van der Waals surface area (Å²) < 4.78 is 2.03. The van der Waals surface area contributed by atoms with Crippen LogP contribution in [0, 0.1) is 20.8 Å². The third-order valence-electron chi connectivity index (χ3n) is 5.21. The first-order valence-electron chi connectivity index (χ1n) is 9.90. The maximum Gasteiger partial charge on any atom is 0.224 e. The number of benzene rings is 2. The van der Waals surface area contributed by atoms with Gasteiger partial charge in [-0.1, -0.05) is 48.0 Å². The molecule has 0 atom stereocenters. The zero-order chi connectivity index (χ0) is 20.4. The van der Waals surface area contributed by atoms with Gasteiger partial charge in [0.15, 0.2) is 0 Å². The molecule has 0 saturated carbocycles. The van der Waals surface area contributed by atoms with Gasteiger partial charge in [0.2, 0.25) is 5.91 Å². The summed E-state index contributed by atoms with van der Waals surface area (Å²) in [5, 5.41) is 3.08. The lowest BCUT2D eigenvalue weighted by Gasteiger charge is -2.10. The molecule has 4 nitrogen and oxygen atoms in total. The molecule has 2 heterocycles. The standard InChI is InChI=1S/C25H25N3O/c1-17-6-4-8-20(14-17)10-12-24(29)26-22-15-21(11-9-18(22)2)23-16-28-13-5-7-19(3)25(28)27-23/h4-9,11,13-16H,10,12H2,1-3H3,(H,26,29). The number of anilines is 1. The van der Waals surface area contributed by atoms with Crippen LogP contribution in [-0.4, -0.2) is 15.3 Å². The second kappa shape index (κ2) is 7.92. The summed E-state index contributed by atoms with van der Waals surface area (Å²) in [6.07, 6.45) is 5.22. The van der Waals surface area contributed by atoms with E-state index < -0.39 is 0 Å². The number of aryl methyl sites for hydroxylation is 4. The van der Waals surface area contributed by atoms with Crippen LogP contribution in [0.25, 0.3) is 16.9 Å². The molecule has 0 radical (unpaired) electrons. The number of amides is 1. The van der Waals surface area contributed by atoms with Crippen LogP contribution < -0.4 is 5.32 Å². The van der Waals surface area contributed by atoms with E-state index >= 15 is 0 Å². The van der Waals surface area contributed by atoms with Crippen molar-refractivity contribution >= 4 is 17.2 Å². The number of hydrogen-bond acceptors (Lipinski definition) is 2. The first kappa shape index (κ1) is 18.9. The van der Waals surface area contributed by atoms with Crippen LogP contribution in [0.4, 0.5) is 5.69 Å². The van der Waals surface area contributed by atoms with E-state index in [9.17, 15) is 4.79 Å². The molecule has 0 saturated heterocycles. The van der Waals surface area contributed by atoms with Gasteiger partial charge in [-0.3, -0.25) is 4.79 Å². The van der Waals surface area contributed by atoms with Gasteiger partial charge < -0.3 is 9.72 Å². The number of aromatic nitrogens is 2. The molecule has 0 aliphatic heterocycles. The Labute approximate surface area is 171 Å². The van der Waals surface area contributed by atoms with Gasteiger partial charge in [-0.2, -0.15) is 0 Å². The van der Waals surface area contributed by atoms with Gasteiger partial charge in [0.05, 0.1) is 5.69 Å². The maximum atomic E-state index is 12.5. The topological polar surface area (TPSA) is 46.4 Å². The SMILES string of the molecule is Cc1cccc(CCC(=O)Nc2cc(-c3cn4cccc(C)c4n3)ccc2C)c1. The van der Waals surface area contributed by atoms with E-state index in [1.165, 1.54) is 11.1 Å². The first-order chi connectivity index (χ1) is 14.0. The molecule has 2 aromatic carbocycles. The number of carbonyl (C=O) groups excluding carboxylic acids is 1. The summed E-state index contributed by atoms with van der Waals surface area (Å²) in [5.74, 6) is 0.0256. The maximum absolute atomic E-state index is 12.5. The van der Waals surface area contributed by atoms with Crippen LogP contribution in [-0.2, 0) is 11.2 Å². The third kappa shape index (κ3) is 4.21. The van der Waals surface area contributed by atoms with E-state index in [2.05, 4.69) is 49.5 Å². The van der Waals surface area contributed by atoms with Gasteiger partial charge in [-0.05, 0) is 56.0 Å². The van der Waals surface area contributed by atoms with E-state index in [0.29, 0.717) is 6.42 Å². The van der Waals surface area contributed by atoms with E-state index in [0.717, 1.165) is 40.1 Å². The minimum absolute atomic E-state index is 0.0256. The van der Waals surface area contributed by atoms with Crippen LogP contribution >= 0.6 is 0 Å². The van der Waals surface area contributed by atoms with E-state index in [1.807, 2.05) is 48.0 Å². The van der Waals surface area contributed by atoms with Crippen LogP contribution in [0.3, 0.4) is 0 Å². The van der Waals surface area contributed by atoms with Crippen LogP contribution in [0.5, 0.6) is 0 Å². The van der Waals surface area contributed by atoms with Crippen molar-refractivity contribution in [3.8, 4) is 11.3 Å². The molecule has 0 unspecified atom stereocenters. The molecule has 0 fully saturated rings. The molecule has 4 heteroatoms. The average Bonchev–Trinajstić information content (AvgIpc) is 3.14. The lowest BCUT2D eigenvalue weighted by atomic mass is 10.1. The van der Waals surface area contributed by atoms with Gasteiger partial charge >= 0.3 is 0 Å². The number of fused-ring (bicyclic) bond motifs is 1. The quantitative estimate of drug-likeness (QED) is 0.495. The number of pyridine rings is 1. The highest BCUT2D eigenvalue weighted by Crippen LogP contribution is 2.26. The Morgan fingerprint density at radius 2 is 1.86 bits per heavy atom. The number of carbonyl (C=O) groups is 1. The summed E-state index contributed by atoms with van der Waals surface area (Å²) in [5.41, 5.74) is 8.26. The summed E-state index contributed by atoms with van der Waals surface area (Å²) >= 11 is 0. The second-order valence-corrected chi connectivity index (χ2v) is 7.62. The monoisotopic (exact) mass is 383 g/mol. The van der Waals surface area contributed by atoms with Gasteiger partial charge in [0, 0.05) is 30.1 Å². The zero-order valence-corrected chi connectivity index (χ0v) is 17.1. The molecular formula is C25H25N3O. The van der Waals surface area contributed by atoms with E-state index in [-0.39, 0.29) is 5.91 Å². The lowest BCUT2D eigenvalue weighted by Crippen LogP contribution is -2.13. The Bertz CT molecular complexity index is 1190. The van der Waals surface area contributed by atoms with Gasteiger partial charge in [0.1, 0.15) is 5.65 Å². The van der Waals surface area contributed by atoms with E-state index in [4.69, 9.17) is 4.98 Å². The Balaban J connectivity index is 1.52. The number of rotatable bonds is 5. The first-order valence-corrected chi connectivity index (χ1v) is 9.90. The number of imidazole rings is 1. The van der Waals surface area contributed by atoms with Crippen molar-refractivity contribution in [2.24, 2.45) is 0 Å². The highest BCUT2D eigenvalue weighted by molar-refractivity contribution is 5.92. The normalized spacial score (nSPS) is 11.0. The molecule has 1 amide bonds. The minimum Gasteiger partial charge on any atom is -0.326 e. The molecule has 0 aliphatic rings. The van der Waals surface area contributed by atoms with Crippen molar-refractivity contribution in [1.29, 1.82) is 0 Å². The molecule has 146 valence electrons. The fourth-order valence-electron chi connectivity index (χ4n) is 3.55. The van der Waals surface area contributed by atoms with Gasteiger partial charge in [-0.15, -0.1) is 0 Å². The molecule has 0 spiro atoms. The predicted octanol–water partition coefficient (Wildman–Crippen LogP) is 5.50. The number of nitrogens with zero attached hydrogens (tertiary/aromatic N) is 2. The third-order valence-corrected chi connectivity index (χ3v) is 5.21. The summed E-state index contributed by atoms with van der Waals surface area (Å²) in [6, 6.07) is 18.5. The van der Waals surface area contributed by atoms with Crippen molar-refractivity contribution in [3.63, 3.8) is 0 Å². The second-order valence-electron chi connectivity index (χ2n) is 7.62. The Hall–Kier alpha value is -3.40. The molecule has 1 N–H and O–H groups in total. The van der Waals surface area contributed by atoms with Crippen molar-refractivity contribution < 1.29 is 4.79 Å².